The molecule has 39 heavy (non-hydrogen) atoms. The highest BCUT2D eigenvalue weighted by Gasteiger charge is 2.39. The van der Waals surface area contributed by atoms with Gasteiger partial charge in [-0.15, -0.1) is 11.3 Å². The van der Waals surface area contributed by atoms with Gasteiger partial charge < -0.3 is 20.5 Å². The van der Waals surface area contributed by atoms with E-state index in [1.165, 1.54) is 15.6 Å². The molecule has 0 radical (unpaired) electrons. The average molecular weight is 610 g/mol. The molecule has 2 saturated heterocycles. The third-order valence-corrected chi connectivity index (χ3v) is 11.1. The monoisotopic (exact) mass is 609 g/mol. The predicted molar refractivity (Wildman–Crippen MR) is 151 cm³/mol. The lowest BCUT2D eigenvalue weighted by Crippen LogP contribution is -2.56. The van der Waals surface area contributed by atoms with Crippen molar-refractivity contribution in [2.75, 3.05) is 19.6 Å². The van der Waals surface area contributed by atoms with E-state index in [1.54, 1.807) is 29.2 Å². The zero-order valence-electron chi connectivity index (χ0n) is 21.1. The molecule has 2 amide bonds. The fourth-order valence-electron chi connectivity index (χ4n) is 5.25. The van der Waals surface area contributed by atoms with Crippen molar-refractivity contribution < 1.29 is 18.0 Å². The Kier molecular flexibility index (Phi) is 7.37. The predicted octanol–water partition coefficient (Wildman–Crippen LogP) is 2.89. The number of piperazine rings is 1. The Hall–Kier alpha value is -2.20. The molecule has 3 aliphatic heterocycles. The van der Waals surface area contributed by atoms with Crippen LogP contribution >= 0.6 is 34.9 Å². The summed E-state index contributed by atoms with van der Waals surface area (Å²) >= 11 is 8.50. The minimum atomic E-state index is -3.85. The molecule has 4 N–H and O–H groups in total. The van der Waals surface area contributed by atoms with Crippen LogP contribution in [0.2, 0.25) is 5.02 Å². The number of H-pyrrole nitrogens is 1. The van der Waals surface area contributed by atoms with Gasteiger partial charge >= 0.3 is 0 Å². The van der Waals surface area contributed by atoms with Crippen molar-refractivity contribution >= 4 is 67.0 Å². The van der Waals surface area contributed by atoms with Crippen LogP contribution in [0.25, 0.3) is 10.9 Å². The molecule has 3 atom stereocenters. The summed E-state index contributed by atoms with van der Waals surface area (Å²) in [7, 11) is -3.85. The molecular formula is C24H28ClN7O4S3. The fraction of sp³-hybridized carbons (Fsp3) is 0.458. The second-order valence-corrected chi connectivity index (χ2v) is 14.3. The Bertz CT molecular complexity index is 1540. The fourth-order valence-corrected chi connectivity index (χ4v) is 8.54. The van der Waals surface area contributed by atoms with Crippen LogP contribution in [-0.4, -0.2) is 76.6 Å². The van der Waals surface area contributed by atoms with Crippen LogP contribution < -0.4 is 15.4 Å². The first-order valence-electron chi connectivity index (χ1n) is 12.7. The zero-order chi connectivity index (χ0) is 27.3. The number of thiazole rings is 1. The highest BCUT2D eigenvalue weighted by Crippen LogP contribution is 2.29. The number of aromatic amines is 1. The van der Waals surface area contributed by atoms with Crippen LogP contribution in [0.1, 0.15) is 40.1 Å². The molecule has 1 aromatic carbocycles. The maximum atomic E-state index is 13.7. The van der Waals surface area contributed by atoms with Gasteiger partial charge in [0, 0.05) is 77.4 Å². The van der Waals surface area contributed by atoms with E-state index < -0.39 is 10.0 Å². The van der Waals surface area contributed by atoms with Crippen LogP contribution in [0.3, 0.4) is 0 Å². The largest absolute Gasteiger partial charge is 0.345 e. The Morgan fingerprint density at radius 2 is 2.08 bits per heavy atom. The molecule has 15 heteroatoms. The van der Waals surface area contributed by atoms with E-state index >= 15 is 0 Å². The molecule has 0 bridgehead atoms. The number of nitrogens with zero attached hydrogens (tertiary/aromatic N) is 3. The van der Waals surface area contributed by atoms with Gasteiger partial charge in [-0.25, -0.2) is 18.1 Å². The van der Waals surface area contributed by atoms with E-state index in [9.17, 15) is 18.0 Å². The van der Waals surface area contributed by atoms with Gasteiger partial charge in [0.15, 0.2) is 5.01 Å². The minimum Gasteiger partial charge on any atom is -0.345 e. The van der Waals surface area contributed by atoms with Crippen molar-refractivity contribution in [2.45, 2.75) is 56.0 Å². The van der Waals surface area contributed by atoms with Gasteiger partial charge in [0.2, 0.25) is 0 Å². The average Bonchev–Trinajstić information content (AvgIpc) is 3.64. The third kappa shape index (κ3) is 5.43. The molecule has 5 heterocycles. The molecule has 0 spiro atoms. The number of nitrogens with one attached hydrogen (secondary N) is 4. The van der Waals surface area contributed by atoms with Gasteiger partial charge in [-0.1, -0.05) is 11.6 Å². The molecule has 6 rings (SSSR count). The first kappa shape index (κ1) is 27.0. The van der Waals surface area contributed by atoms with Crippen LogP contribution in [-0.2, 0) is 23.0 Å². The lowest BCUT2D eigenvalue weighted by Gasteiger charge is -2.40. The summed E-state index contributed by atoms with van der Waals surface area (Å²) in [6.45, 7) is 3.33. The smallest absolute Gasteiger partial charge is 0.295 e. The normalized spacial score (nSPS) is 24.2. The van der Waals surface area contributed by atoms with Crippen molar-refractivity contribution in [3.05, 3.63) is 44.9 Å². The summed E-state index contributed by atoms with van der Waals surface area (Å²) in [6, 6.07) is 6.68. The standard InChI is InChI=1S/C24H28ClN7O4S3/c1-13-8-18-19(11-26-13)37-22(28-18)23(33)32-7-6-31(12-16(32)3-5-20-29-24(34)38-30-20)39(35,36)21-10-14-9-15(25)2-4-17(14)27-21/h2,4,9-10,13,16,20,26-27,30H,3,5-8,11-12H2,1H3,(H,29,34). The van der Waals surface area contributed by atoms with Gasteiger partial charge in [-0.2, -0.15) is 4.31 Å². The van der Waals surface area contributed by atoms with Crippen molar-refractivity contribution in [2.24, 2.45) is 0 Å². The Morgan fingerprint density at radius 3 is 2.87 bits per heavy atom. The molecular weight excluding hydrogens is 582 g/mol. The summed E-state index contributed by atoms with van der Waals surface area (Å²) in [5, 5.41) is 7.85. The molecule has 208 valence electrons. The first-order chi connectivity index (χ1) is 18.7. The molecule has 3 aromatic rings. The summed E-state index contributed by atoms with van der Waals surface area (Å²) in [6.07, 6.45) is 1.57. The number of rotatable bonds is 6. The number of hydrogen-bond donors (Lipinski definition) is 4. The first-order valence-corrected chi connectivity index (χ1v) is 16.2. The van der Waals surface area contributed by atoms with Gasteiger partial charge in [0.1, 0.15) is 5.03 Å². The van der Waals surface area contributed by atoms with Gasteiger partial charge in [0.05, 0.1) is 11.9 Å². The molecule has 0 aliphatic carbocycles. The van der Waals surface area contributed by atoms with Crippen LogP contribution in [0, 0.1) is 0 Å². The Balaban J connectivity index is 1.24. The number of aromatic nitrogens is 2. The maximum Gasteiger partial charge on any atom is 0.295 e. The van der Waals surface area contributed by atoms with Crippen molar-refractivity contribution in [3.8, 4) is 0 Å². The minimum absolute atomic E-state index is 0.0913. The lowest BCUT2D eigenvalue weighted by molar-refractivity contribution is 0.0542. The van der Waals surface area contributed by atoms with E-state index in [-0.39, 0.29) is 48.0 Å². The van der Waals surface area contributed by atoms with E-state index in [2.05, 4.69) is 32.2 Å². The van der Waals surface area contributed by atoms with E-state index in [0.29, 0.717) is 46.4 Å². The number of benzene rings is 1. The van der Waals surface area contributed by atoms with E-state index in [1.807, 2.05) is 0 Å². The highest BCUT2D eigenvalue weighted by atomic mass is 35.5. The van der Waals surface area contributed by atoms with Gasteiger partial charge in [-0.05, 0) is 44.0 Å². The SMILES string of the molecule is CC1Cc2nc(C(=O)N3CCN(S(=O)(=O)c4cc5cc(Cl)ccc5[nH]4)CC3CCC3NSC(=O)N3)sc2CN1. The van der Waals surface area contributed by atoms with Crippen LogP contribution in [0.5, 0.6) is 0 Å². The number of fused-ring (bicyclic) bond motifs is 2. The van der Waals surface area contributed by atoms with Crippen LogP contribution in [0.4, 0.5) is 4.79 Å². The highest BCUT2D eigenvalue weighted by molar-refractivity contribution is 8.12. The molecule has 3 aliphatic rings. The molecule has 0 saturated carbocycles. The van der Waals surface area contributed by atoms with Crippen molar-refractivity contribution in [1.29, 1.82) is 0 Å². The quantitative estimate of drug-likeness (QED) is 0.313. The summed E-state index contributed by atoms with van der Waals surface area (Å²) in [4.78, 5) is 35.8. The van der Waals surface area contributed by atoms with Crippen molar-refractivity contribution in [1.82, 2.24) is 34.5 Å². The molecule has 2 aromatic heterocycles. The number of hydrogen-bond acceptors (Lipinski definition) is 9. The number of carbonyl (C=O) groups excluding carboxylic acids is 2. The number of carbonyl (C=O) groups is 2. The number of halogens is 1. The van der Waals surface area contributed by atoms with Crippen molar-refractivity contribution in [3.63, 3.8) is 0 Å². The lowest BCUT2D eigenvalue weighted by atomic mass is 10.1. The summed E-state index contributed by atoms with van der Waals surface area (Å²) in [5.41, 5.74) is 1.64. The number of sulfonamides is 1. The van der Waals surface area contributed by atoms with Crippen LogP contribution in [0.15, 0.2) is 29.3 Å². The summed E-state index contributed by atoms with van der Waals surface area (Å²) in [5.74, 6) is -0.179. The third-order valence-electron chi connectivity index (χ3n) is 7.33. The second kappa shape index (κ2) is 10.7. The molecule has 3 unspecified atom stereocenters. The summed E-state index contributed by atoms with van der Waals surface area (Å²) < 4.78 is 31.8. The second-order valence-electron chi connectivity index (χ2n) is 10.0. The van der Waals surface area contributed by atoms with E-state index in [0.717, 1.165) is 28.9 Å². The zero-order valence-corrected chi connectivity index (χ0v) is 24.3. The Labute approximate surface area is 239 Å². The molecule has 2 fully saturated rings. The number of amides is 2. The maximum absolute atomic E-state index is 13.7. The Morgan fingerprint density at radius 1 is 1.23 bits per heavy atom. The molecule has 11 nitrogen and oxygen atoms in total. The topological polar surface area (TPSA) is 140 Å². The van der Waals surface area contributed by atoms with Gasteiger partial charge in [0.25, 0.3) is 21.2 Å². The van der Waals surface area contributed by atoms with Gasteiger partial charge in [-0.3, -0.25) is 9.59 Å². The van der Waals surface area contributed by atoms with E-state index in [4.69, 9.17) is 11.6 Å².